The number of aryl methyl sites for hydroxylation is 1. The van der Waals surface area contributed by atoms with Gasteiger partial charge < -0.3 is 9.72 Å². The number of non-ortho nitro benzene ring substituents is 1. The Labute approximate surface area is 158 Å². The Kier molecular flexibility index (Phi) is 5.91. The second kappa shape index (κ2) is 8.35. The number of H-pyrrole nitrogens is 1. The van der Waals surface area contributed by atoms with E-state index in [1.807, 2.05) is 32.2 Å². The summed E-state index contributed by atoms with van der Waals surface area (Å²) in [5, 5.41) is 10.8. The van der Waals surface area contributed by atoms with Gasteiger partial charge in [0.2, 0.25) is 0 Å². The fourth-order valence-electron chi connectivity index (χ4n) is 3.78. The molecular formula is C20H25N3O4. The van der Waals surface area contributed by atoms with E-state index in [1.54, 1.807) is 12.1 Å². The maximum atomic E-state index is 12.3. The first-order valence-electron chi connectivity index (χ1n) is 9.30. The molecule has 1 aromatic heterocycles. The lowest BCUT2D eigenvalue weighted by Crippen LogP contribution is -2.34. The summed E-state index contributed by atoms with van der Waals surface area (Å²) in [5.74, 6) is -0.0000955. The summed E-state index contributed by atoms with van der Waals surface area (Å²) in [6.45, 7) is 6.64. The number of hydrogen-bond donors (Lipinski definition) is 1. The molecule has 1 aliphatic heterocycles. The van der Waals surface area contributed by atoms with Gasteiger partial charge in [-0.3, -0.25) is 15.0 Å². The molecule has 0 amide bonds. The van der Waals surface area contributed by atoms with E-state index >= 15 is 0 Å². The highest BCUT2D eigenvalue weighted by molar-refractivity contribution is 5.92. The highest BCUT2D eigenvalue weighted by atomic mass is 16.6. The lowest BCUT2D eigenvalue weighted by atomic mass is 9.89. The van der Waals surface area contributed by atoms with Crippen molar-refractivity contribution in [1.29, 1.82) is 0 Å². The van der Waals surface area contributed by atoms with Crippen LogP contribution in [0, 0.1) is 17.0 Å². The van der Waals surface area contributed by atoms with E-state index in [0.717, 1.165) is 49.3 Å². The smallest absolute Gasteiger partial charge is 0.340 e. The van der Waals surface area contributed by atoms with Crippen LogP contribution >= 0.6 is 0 Å². The van der Waals surface area contributed by atoms with Gasteiger partial charge in [0.1, 0.15) is 0 Å². The molecule has 7 nitrogen and oxygen atoms in total. The molecule has 0 saturated carbocycles. The van der Waals surface area contributed by atoms with E-state index in [9.17, 15) is 14.9 Å². The number of rotatable bonds is 6. The topological polar surface area (TPSA) is 88.5 Å². The summed E-state index contributed by atoms with van der Waals surface area (Å²) in [7, 11) is 0. The van der Waals surface area contributed by atoms with Gasteiger partial charge in [0, 0.05) is 37.1 Å². The predicted octanol–water partition coefficient (Wildman–Crippen LogP) is 3.79. The zero-order valence-electron chi connectivity index (χ0n) is 15.7. The number of carbonyl (C=O) groups excluding carboxylic acids is 1. The summed E-state index contributed by atoms with van der Waals surface area (Å²) in [5.41, 5.74) is 3.70. The van der Waals surface area contributed by atoms with Crippen LogP contribution < -0.4 is 0 Å². The van der Waals surface area contributed by atoms with E-state index in [0.29, 0.717) is 12.2 Å². The fourth-order valence-corrected chi connectivity index (χ4v) is 3.78. The standard InChI is InChI=1S/C20H25N3O4/c1-3-27-20(24)19-14(2)21-11-18(19)16-5-4-10-22(13-16)12-15-6-8-17(9-7-15)23(25)26/h6-9,11,16,21H,3-5,10,12-13H2,1-2H3. The van der Waals surface area contributed by atoms with Crippen LogP contribution in [0.5, 0.6) is 0 Å². The van der Waals surface area contributed by atoms with Crippen molar-refractivity contribution in [1.82, 2.24) is 9.88 Å². The first kappa shape index (κ1) is 19.1. The second-order valence-corrected chi connectivity index (χ2v) is 6.96. The van der Waals surface area contributed by atoms with Gasteiger partial charge in [-0.1, -0.05) is 12.1 Å². The van der Waals surface area contributed by atoms with E-state index < -0.39 is 0 Å². The van der Waals surface area contributed by atoms with Gasteiger partial charge in [0.15, 0.2) is 0 Å². The van der Waals surface area contributed by atoms with Crippen molar-refractivity contribution in [2.24, 2.45) is 0 Å². The van der Waals surface area contributed by atoms with Crippen molar-refractivity contribution >= 4 is 11.7 Å². The molecule has 2 aromatic rings. The number of nitro groups is 1. The molecular weight excluding hydrogens is 346 g/mol. The zero-order chi connectivity index (χ0) is 19.4. The number of esters is 1. The Balaban J connectivity index is 1.71. The lowest BCUT2D eigenvalue weighted by Gasteiger charge is -2.33. The predicted molar refractivity (Wildman–Crippen MR) is 102 cm³/mol. The molecule has 27 heavy (non-hydrogen) atoms. The van der Waals surface area contributed by atoms with Crippen LogP contribution in [-0.2, 0) is 11.3 Å². The van der Waals surface area contributed by atoms with Crippen molar-refractivity contribution in [3.63, 3.8) is 0 Å². The Hall–Kier alpha value is -2.67. The maximum Gasteiger partial charge on any atom is 0.340 e. The molecule has 1 aromatic carbocycles. The van der Waals surface area contributed by atoms with Crippen LogP contribution in [0.25, 0.3) is 0 Å². The minimum absolute atomic E-state index is 0.108. The number of aromatic amines is 1. The average molecular weight is 371 g/mol. The van der Waals surface area contributed by atoms with Crippen LogP contribution in [0.2, 0.25) is 0 Å². The van der Waals surface area contributed by atoms with Crippen molar-refractivity contribution < 1.29 is 14.5 Å². The number of ether oxygens (including phenoxy) is 1. The molecule has 0 bridgehead atoms. The monoisotopic (exact) mass is 371 g/mol. The van der Waals surface area contributed by atoms with Crippen molar-refractivity contribution in [2.45, 2.75) is 39.2 Å². The number of nitrogens with one attached hydrogen (secondary N) is 1. The largest absolute Gasteiger partial charge is 0.462 e. The van der Waals surface area contributed by atoms with E-state index in [-0.39, 0.29) is 22.5 Å². The zero-order valence-corrected chi connectivity index (χ0v) is 15.7. The minimum Gasteiger partial charge on any atom is -0.462 e. The molecule has 0 spiro atoms. The number of piperidine rings is 1. The quantitative estimate of drug-likeness (QED) is 0.474. The maximum absolute atomic E-state index is 12.3. The van der Waals surface area contributed by atoms with E-state index in [1.165, 1.54) is 0 Å². The summed E-state index contributed by atoms with van der Waals surface area (Å²) < 4.78 is 5.22. The van der Waals surface area contributed by atoms with Crippen LogP contribution in [0.1, 0.15) is 52.9 Å². The van der Waals surface area contributed by atoms with Crippen LogP contribution in [-0.4, -0.2) is 40.5 Å². The van der Waals surface area contributed by atoms with Gasteiger partial charge in [-0.2, -0.15) is 0 Å². The van der Waals surface area contributed by atoms with Crippen LogP contribution in [0.4, 0.5) is 5.69 Å². The molecule has 1 fully saturated rings. The molecule has 144 valence electrons. The molecule has 1 N–H and O–H groups in total. The molecule has 1 aliphatic rings. The molecule has 1 unspecified atom stereocenters. The Morgan fingerprint density at radius 2 is 2.11 bits per heavy atom. The molecule has 1 atom stereocenters. The number of benzene rings is 1. The number of aromatic nitrogens is 1. The molecule has 0 aliphatic carbocycles. The van der Waals surface area contributed by atoms with Crippen molar-refractivity contribution in [3.05, 3.63) is 63.0 Å². The first-order valence-corrected chi connectivity index (χ1v) is 9.30. The molecule has 0 radical (unpaired) electrons. The number of likely N-dealkylation sites (tertiary alicyclic amines) is 1. The molecule has 1 saturated heterocycles. The summed E-state index contributed by atoms with van der Waals surface area (Å²) in [4.78, 5) is 28.3. The number of hydrogen-bond acceptors (Lipinski definition) is 5. The second-order valence-electron chi connectivity index (χ2n) is 6.96. The normalized spacial score (nSPS) is 17.6. The number of nitrogens with zero attached hydrogens (tertiary/aromatic N) is 2. The molecule has 2 heterocycles. The van der Waals surface area contributed by atoms with Crippen LogP contribution in [0.3, 0.4) is 0 Å². The average Bonchev–Trinajstić information content (AvgIpc) is 3.04. The van der Waals surface area contributed by atoms with Gasteiger partial charge in [0.05, 0.1) is 17.1 Å². The number of nitro benzene ring substituents is 1. The van der Waals surface area contributed by atoms with Gasteiger partial charge in [-0.05, 0) is 50.3 Å². The Morgan fingerprint density at radius 1 is 1.37 bits per heavy atom. The third kappa shape index (κ3) is 4.36. The summed E-state index contributed by atoms with van der Waals surface area (Å²) >= 11 is 0. The van der Waals surface area contributed by atoms with Crippen LogP contribution in [0.15, 0.2) is 30.5 Å². The van der Waals surface area contributed by atoms with Gasteiger partial charge >= 0.3 is 5.97 Å². The Bertz CT molecular complexity index is 813. The first-order chi connectivity index (χ1) is 13.0. The molecule has 7 heteroatoms. The number of carbonyl (C=O) groups is 1. The Morgan fingerprint density at radius 3 is 2.78 bits per heavy atom. The van der Waals surface area contributed by atoms with Gasteiger partial charge in [-0.25, -0.2) is 4.79 Å². The third-order valence-electron chi connectivity index (χ3n) is 5.09. The summed E-state index contributed by atoms with van der Waals surface area (Å²) in [6, 6.07) is 6.72. The van der Waals surface area contributed by atoms with E-state index in [4.69, 9.17) is 4.74 Å². The molecule has 3 rings (SSSR count). The van der Waals surface area contributed by atoms with Gasteiger partial charge in [0.25, 0.3) is 5.69 Å². The highest BCUT2D eigenvalue weighted by Crippen LogP contribution is 2.32. The fraction of sp³-hybridized carbons (Fsp3) is 0.450. The summed E-state index contributed by atoms with van der Waals surface area (Å²) in [6.07, 6.45) is 4.01. The highest BCUT2D eigenvalue weighted by Gasteiger charge is 2.28. The SMILES string of the molecule is CCOC(=O)c1c(C2CCCN(Cc3ccc([N+](=O)[O-])cc3)C2)c[nH]c1C. The minimum atomic E-state index is -0.383. The van der Waals surface area contributed by atoms with Crippen molar-refractivity contribution in [3.8, 4) is 0 Å². The van der Waals surface area contributed by atoms with Gasteiger partial charge in [-0.15, -0.1) is 0 Å². The van der Waals surface area contributed by atoms with Crippen molar-refractivity contribution in [2.75, 3.05) is 19.7 Å². The third-order valence-corrected chi connectivity index (χ3v) is 5.09. The van der Waals surface area contributed by atoms with E-state index in [2.05, 4.69) is 9.88 Å². The lowest BCUT2D eigenvalue weighted by molar-refractivity contribution is -0.384.